The maximum absolute atomic E-state index is 12.6. The molecule has 1 aliphatic heterocycles. The van der Waals surface area contributed by atoms with Gasteiger partial charge >= 0.3 is 0 Å². The Morgan fingerprint density at radius 1 is 1.26 bits per heavy atom. The third-order valence-electron chi connectivity index (χ3n) is 3.44. The van der Waals surface area contributed by atoms with Gasteiger partial charge in [-0.25, -0.2) is 8.42 Å². The maximum atomic E-state index is 12.6. The molecule has 0 aromatic heterocycles. The van der Waals surface area contributed by atoms with Crippen LogP contribution in [0.5, 0.6) is 0 Å². The number of hydrogen-bond donors (Lipinski definition) is 1. The Hall–Kier alpha value is -0.590. The molecule has 0 spiro atoms. The van der Waals surface area contributed by atoms with Gasteiger partial charge in [-0.15, -0.1) is 0 Å². The Morgan fingerprint density at radius 3 is 2.37 bits per heavy atom. The summed E-state index contributed by atoms with van der Waals surface area (Å²) in [6, 6.07) is 4.79. The van der Waals surface area contributed by atoms with Gasteiger partial charge in [0.1, 0.15) is 0 Å². The minimum atomic E-state index is -3.43. The molecule has 0 amide bonds. The van der Waals surface area contributed by atoms with Crippen LogP contribution in [0.1, 0.15) is 20.3 Å². The number of halogens is 1. The number of benzene rings is 1. The van der Waals surface area contributed by atoms with Crippen LogP contribution in [0.25, 0.3) is 0 Å². The fourth-order valence-electron chi connectivity index (χ4n) is 2.63. The fourth-order valence-corrected chi connectivity index (χ4v) is 4.60. The van der Waals surface area contributed by atoms with E-state index >= 15 is 0 Å². The summed E-state index contributed by atoms with van der Waals surface area (Å²) in [5, 5.41) is 0. The molecule has 1 aromatic rings. The highest BCUT2D eigenvalue weighted by molar-refractivity contribution is 9.10. The summed E-state index contributed by atoms with van der Waals surface area (Å²) in [6.07, 6.45) is 1.08. The number of nitrogens with two attached hydrogens (primary N) is 1. The SMILES string of the molecule is CC1CC(C)CN(S(=O)(=O)c2ccc(Br)c(N)c2)C1. The van der Waals surface area contributed by atoms with Gasteiger partial charge in [0.15, 0.2) is 0 Å². The van der Waals surface area contributed by atoms with Gasteiger partial charge in [-0.1, -0.05) is 13.8 Å². The molecule has 1 aromatic carbocycles. The van der Waals surface area contributed by atoms with Gasteiger partial charge in [0, 0.05) is 23.2 Å². The first-order chi connectivity index (χ1) is 8.80. The average molecular weight is 347 g/mol. The first kappa shape index (κ1) is 14.8. The summed E-state index contributed by atoms with van der Waals surface area (Å²) >= 11 is 3.28. The van der Waals surface area contributed by atoms with Gasteiger partial charge < -0.3 is 5.73 Å². The zero-order valence-electron chi connectivity index (χ0n) is 11.1. The van der Waals surface area contributed by atoms with E-state index in [0.717, 1.165) is 6.42 Å². The van der Waals surface area contributed by atoms with E-state index in [0.29, 0.717) is 35.1 Å². The van der Waals surface area contributed by atoms with Crippen LogP contribution >= 0.6 is 15.9 Å². The van der Waals surface area contributed by atoms with Crippen molar-refractivity contribution in [1.82, 2.24) is 4.31 Å². The Balaban J connectivity index is 2.33. The third kappa shape index (κ3) is 3.12. The van der Waals surface area contributed by atoms with Crippen molar-refractivity contribution < 1.29 is 8.42 Å². The molecule has 2 rings (SSSR count). The van der Waals surface area contributed by atoms with E-state index in [4.69, 9.17) is 5.73 Å². The summed E-state index contributed by atoms with van der Waals surface area (Å²) in [5.41, 5.74) is 6.22. The molecule has 19 heavy (non-hydrogen) atoms. The molecule has 1 saturated heterocycles. The molecule has 1 fully saturated rings. The molecule has 1 aliphatic rings. The molecule has 1 heterocycles. The third-order valence-corrected chi connectivity index (χ3v) is 5.99. The van der Waals surface area contributed by atoms with E-state index in [1.807, 2.05) is 0 Å². The molecule has 2 atom stereocenters. The second kappa shape index (κ2) is 5.42. The molecule has 0 bridgehead atoms. The molecule has 0 radical (unpaired) electrons. The molecule has 2 unspecified atom stereocenters. The van der Waals surface area contributed by atoms with Crippen molar-refractivity contribution in [2.45, 2.75) is 25.2 Å². The van der Waals surface area contributed by atoms with Crippen LogP contribution in [-0.4, -0.2) is 25.8 Å². The highest BCUT2D eigenvalue weighted by Crippen LogP contribution is 2.29. The second-order valence-electron chi connectivity index (χ2n) is 5.45. The van der Waals surface area contributed by atoms with Gasteiger partial charge in [-0.2, -0.15) is 4.31 Å². The largest absolute Gasteiger partial charge is 0.398 e. The first-order valence-corrected chi connectivity index (χ1v) is 8.59. The van der Waals surface area contributed by atoms with E-state index in [1.54, 1.807) is 16.4 Å². The summed E-state index contributed by atoms with van der Waals surface area (Å²) < 4.78 is 27.5. The maximum Gasteiger partial charge on any atom is 0.243 e. The van der Waals surface area contributed by atoms with Gasteiger partial charge in [0.25, 0.3) is 0 Å². The minimum absolute atomic E-state index is 0.273. The molecule has 2 N–H and O–H groups in total. The minimum Gasteiger partial charge on any atom is -0.398 e. The van der Waals surface area contributed by atoms with Crippen LogP contribution in [-0.2, 0) is 10.0 Å². The van der Waals surface area contributed by atoms with E-state index in [1.165, 1.54) is 6.07 Å². The molecule has 0 saturated carbocycles. The number of nitrogens with zero attached hydrogens (tertiary/aromatic N) is 1. The van der Waals surface area contributed by atoms with Gasteiger partial charge in [0.2, 0.25) is 10.0 Å². The summed E-state index contributed by atoms with van der Waals surface area (Å²) in [7, 11) is -3.43. The first-order valence-electron chi connectivity index (χ1n) is 6.36. The van der Waals surface area contributed by atoms with Crippen molar-refractivity contribution in [2.24, 2.45) is 11.8 Å². The van der Waals surface area contributed by atoms with Crippen molar-refractivity contribution in [2.75, 3.05) is 18.8 Å². The van der Waals surface area contributed by atoms with Crippen LogP contribution in [0, 0.1) is 11.8 Å². The highest BCUT2D eigenvalue weighted by Gasteiger charge is 2.31. The van der Waals surface area contributed by atoms with Crippen LogP contribution in [0.4, 0.5) is 5.69 Å². The van der Waals surface area contributed by atoms with Gasteiger partial charge in [-0.05, 0) is 52.4 Å². The lowest BCUT2D eigenvalue weighted by Gasteiger charge is -2.34. The summed E-state index contributed by atoms with van der Waals surface area (Å²) in [4.78, 5) is 0.273. The molecular weight excluding hydrogens is 328 g/mol. The number of sulfonamides is 1. The van der Waals surface area contributed by atoms with Gasteiger partial charge in [-0.3, -0.25) is 0 Å². The van der Waals surface area contributed by atoms with Crippen LogP contribution in [0.3, 0.4) is 0 Å². The van der Waals surface area contributed by atoms with E-state index in [9.17, 15) is 8.42 Å². The normalized spacial score (nSPS) is 25.4. The van der Waals surface area contributed by atoms with Crippen molar-refractivity contribution in [1.29, 1.82) is 0 Å². The molecule has 106 valence electrons. The topological polar surface area (TPSA) is 63.4 Å². The van der Waals surface area contributed by atoms with E-state index in [2.05, 4.69) is 29.8 Å². The quantitative estimate of drug-likeness (QED) is 0.837. The number of piperidine rings is 1. The Labute approximate surface area is 123 Å². The van der Waals surface area contributed by atoms with Gasteiger partial charge in [0.05, 0.1) is 4.90 Å². The van der Waals surface area contributed by atoms with Crippen molar-refractivity contribution in [3.8, 4) is 0 Å². The van der Waals surface area contributed by atoms with Crippen LogP contribution < -0.4 is 5.73 Å². The van der Waals surface area contributed by atoms with Crippen molar-refractivity contribution >= 4 is 31.6 Å². The van der Waals surface area contributed by atoms with Crippen LogP contribution in [0.15, 0.2) is 27.6 Å². The standard InChI is InChI=1S/C13H19BrN2O2S/c1-9-5-10(2)8-16(7-9)19(17,18)11-3-4-12(14)13(15)6-11/h3-4,6,9-10H,5,7-8,15H2,1-2H3. The number of rotatable bonds is 2. The highest BCUT2D eigenvalue weighted by atomic mass is 79.9. The number of anilines is 1. The Bertz CT molecular complexity index is 564. The number of hydrogen-bond acceptors (Lipinski definition) is 3. The Kier molecular flexibility index (Phi) is 4.23. The summed E-state index contributed by atoms with van der Waals surface area (Å²) in [6.45, 7) is 5.35. The van der Waals surface area contributed by atoms with Crippen molar-refractivity contribution in [3.05, 3.63) is 22.7 Å². The average Bonchev–Trinajstić information content (AvgIpc) is 2.31. The predicted octanol–water partition coefficient (Wildman–Crippen LogP) is 2.70. The Morgan fingerprint density at radius 2 is 1.84 bits per heavy atom. The monoisotopic (exact) mass is 346 g/mol. The van der Waals surface area contributed by atoms with Crippen LogP contribution in [0.2, 0.25) is 0 Å². The smallest absolute Gasteiger partial charge is 0.243 e. The van der Waals surface area contributed by atoms with Crippen molar-refractivity contribution in [3.63, 3.8) is 0 Å². The van der Waals surface area contributed by atoms with E-state index in [-0.39, 0.29) is 4.90 Å². The fraction of sp³-hybridized carbons (Fsp3) is 0.538. The second-order valence-corrected chi connectivity index (χ2v) is 8.24. The molecule has 0 aliphatic carbocycles. The molecule has 4 nitrogen and oxygen atoms in total. The zero-order valence-corrected chi connectivity index (χ0v) is 13.5. The van der Waals surface area contributed by atoms with E-state index < -0.39 is 10.0 Å². The zero-order chi connectivity index (χ0) is 14.2. The molecule has 6 heteroatoms. The lowest BCUT2D eigenvalue weighted by molar-refractivity contribution is 0.222. The summed E-state index contributed by atoms with van der Waals surface area (Å²) in [5.74, 6) is 0.789. The lowest BCUT2D eigenvalue weighted by atomic mass is 9.94. The number of nitrogen functional groups attached to an aromatic ring is 1. The lowest BCUT2D eigenvalue weighted by Crippen LogP contribution is -2.42. The predicted molar refractivity (Wildman–Crippen MR) is 80.3 cm³/mol. The molecular formula is C13H19BrN2O2S.